The van der Waals surface area contributed by atoms with E-state index in [9.17, 15) is 9.90 Å². The van der Waals surface area contributed by atoms with Crippen LogP contribution in [0.5, 0.6) is 0 Å². The highest BCUT2D eigenvalue weighted by molar-refractivity contribution is 5.75. The van der Waals surface area contributed by atoms with E-state index in [0.29, 0.717) is 24.8 Å². The minimum Gasteiger partial charge on any atom is -0.393 e. The normalized spacial score (nSPS) is 11.3. The summed E-state index contributed by atoms with van der Waals surface area (Å²) in [7, 11) is 0. The van der Waals surface area contributed by atoms with Crippen molar-refractivity contribution in [1.82, 2.24) is 19.3 Å². The molecular weight excluding hydrogens is 260 g/mol. The fourth-order valence-electron chi connectivity index (χ4n) is 2.24. The predicted octanol–water partition coefficient (Wildman–Crippen LogP) is 0.687. The van der Waals surface area contributed by atoms with Crippen LogP contribution in [0.2, 0.25) is 0 Å². The van der Waals surface area contributed by atoms with E-state index < -0.39 is 5.76 Å². The maximum atomic E-state index is 11.5. The number of hydrogen-bond donors (Lipinski definition) is 1. The largest absolute Gasteiger partial charge is 0.437 e. The zero-order chi connectivity index (χ0) is 14.1. The Morgan fingerprint density at radius 3 is 2.80 bits per heavy atom. The van der Waals surface area contributed by atoms with Crippen molar-refractivity contribution in [2.45, 2.75) is 26.6 Å². The van der Waals surface area contributed by atoms with Crippen LogP contribution >= 0.6 is 0 Å². The van der Waals surface area contributed by atoms with Gasteiger partial charge in [0.05, 0.1) is 17.6 Å². The molecule has 104 valence electrons. The molecule has 7 nitrogen and oxygen atoms in total. The average molecular weight is 274 g/mol. The Morgan fingerprint density at radius 1 is 1.30 bits per heavy atom. The molecule has 3 aromatic rings. The number of aryl methyl sites for hydroxylation is 3. The van der Waals surface area contributed by atoms with Crippen LogP contribution in [0, 0.1) is 6.92 Å². The van der Waals surface area contributed by atoms with Gasteiger partial charge in [-0.15, -0.1) is 5.10 Å². The fourth-order valence-corrected chi connectivity index (χ4v) is 2.24. The summed E-state index contributed by atoms with van der Waals surface area (Å²) in [5.41, 5.74) is 1.74. The summed E-state index contributed by atoms with van der Waals surface area (Å²) < 4.78 is 8.00. The number of aromatic nitrogens is 4. The number of aliphatic hydroxyl groups excluding tert-OH is 1. The van der Waals surface area contributed by atoms with Crippen LogP contribution in [0.1, 0.15) is 11.7 Å². The van der Waals surface area contributed by atoms with Crippen molar-refractivity contribution >= 4 is 11.0 Å². The van der Waals surface area contributed by atoms with E-state index in [0.717, 1.165) is 11.0 Å². The second-order valence-corrected chi connectivity index (χ2v) is 4.44. The first-order chi connectivity index (χ1) is 9.69. The Balaban J connectivity index is 1.94. The van der Waals surface area contributed by atoms with Crippen LogP contribution in [0.4, 0.5) is 0 Å². The molecule has 0 fully saturated rings. The molecule has 3 rings (SSSR count). The van der Waals surface area contributed by atoms with Crippen molar-refractivity contribution in [3.8, 4) is 0 Å². The number of imidazole rings is 1. The lowest BCUT2D eigenvalue weighted by atomic mass is 10.3. The van der Waals surface area contributed by atoms with Crippen LogP contribution in [-0.2, 0) is 19.7 Å². The molecule has 0 unspecified atom stereocenters. The number of rotatable bonds is 4. The van der Waals surface area contributed by atoms with E-state index in [4.69, 9.17) is 4.42 Å². The van der Waals surface area contributed by atoms with Crippen LogP contribution in [0.15, 0.2) is 33.5 Å². The first kappa shape index (κ1) is 12.6. The third kappa shape index (κ3) is 2.12. The van der Waals surface area contributed by atoms with E-state index in [1.54, 1.807) is 6.92 Å². The zero-order valence-electron chi connectivity index (χ0n) is 11.0. The molecule has 20 heavy (non-hydrogen) atoms. The van der Waals surface area contributed by atoms with Gasteiger partial charge in [0, 0.05) is 13.5 Å². The molecule has 2 heterocycles. The number of para-hydroxylation sites is 2. The van der Waals surface area contributed by atoms with E-state index >= 15 is 0 Å². The molecule has 0 radical (unpaired) electrons. The molecule has 0 aliphatic carbocycles. The third-order valence-corrected chi connectivity index (χ3v) is 3.12. The second kappa shape index (κ2) is 4.93. The first-order valence-corrected chi connectivity index (χ1v) is 6.28. The summed E-state index contributed by atoms with van der Waals surface area (Å²) >= 11 is 0. The molecule has 0 amide bonds. The van der Waals surface area contributed by atoms with Gasteiger partial charge in [-0.25, -0.2) is 9.78 Å². The van der Waals surface area contributed by atoms with Crippen molar-refractivity contribution in [1.29, 1.82) is 0 Å². The molecule has 0 aliphatic rings. The number of benzene rings is 1. The van der Waals surface area contributed by atoms with Crippen molar-refractivity contribution in [3.05, 3.63) is 46.5 Å². The van der Waals surface area contributed by atoms with Crippen molar-refractivity contribution in [2.75, 3.05) is 0 Å². The second-order valence-electron chi connectivity index (χ2n) is 4.44. The molecule has 1 aromatic carbocycles. The molecule has 0 aliphatic heterocycles. The van der Waals surface area contributed by atoms with E-state index in [1.165, 1.54) is 4.68 Å². The van der Waals surface area contributed by atoms with Crippen LogP contribution in [-0.4, -0.2) is 24.4 Å². The molecule has 0 saturated carbocycles. The number of fused-ring (bicyclic) bond motifs is 1. The van der Waals surface area contributed by atoms with Gasteiger partial charge in [-0.1, -0.05) is 12.1 Å². The first-order valence-electron chi connectivity index (χ1n) is 6.28. The summed E-state index contributed by atoms with van der Waals surface area (Å²) in [6.07, 6.45) is 0. The number of aliphatic hydroxyl groups is 1. The molecular formula is C13H14N4O3. The minimum absolute atomic E-state index is 0.151. The fraction of sp³-hybridized carbons (Fsp3) is 0.308. The molecule has 2 aromatic heterocycles. The van der Waals surface area contributed by atoms with Crippen molar-refractivity contribution in [3.63, 3.8) is 0 Å². The highest BCUT2D eigenvalue weighted by Gasteiger charge is 2.11. The maximum Gasteiger partial charge on any atom is 0.437 e. The van der Waals surface area contributed by atoms with Gasteiger partial charge < -0.3 is 14.1 Å². The number of nitrogens with zero attached hydrogens (tertiary/aromatic N) is 4. The Bertz CT molecular complexity index is 799. The lowest BCUT2D eigenvalue weighted by Crippen LogP contribution is -2.20. The summed E-state index contributed by atoms with van der Waals surface area (Å²) in [6, 6.07) is 7.62. The average Bonchev–Trinajstić information content (AvgIpc) is 2.96. The summed E-state index contributed by atoms with van der Waals surface area (Å²) in [5, 5.41) is 13.4. The van der Waals surface area contributed by atoms with Crippen molar-refractivity contribution < 1.29 is 9.52 Å². The van der Waals surface area contributed by atoms with E-state index in [-0.39, 0.29) is 6.61 Å². The summed E-state index contributed by atoms with van der Waals surface area (Å²) in [4.78, 5) is 15.8. The maximum absolute atomic E-state index is 11.5. The number of hydrogen-bond acceptors (Lipinski definition) is 5. The molecule has 0 saturated heterocycles. The van der Waals surface area contributed by atoms with E-state index in [2.05, 4.69) is 10.1 Å². The molecule has 0 spiro atoms. The highest BCUT2D eigenvalue weighted by atomic mass is 16.4. The predicted molar refractivity (Wildman–Crippen MR) is 71.2 cm³/mol. The van der Waals surface area contributed by atoms with E-state index in [1.807, 2.05) is 28.8 Å². The van der Waals surface area contributed by atoms with Gasteiger partial charge in [-0.3, -0.25) is 0 Å². The molecule has 0 bridgehead atoms. The Morgan fingerprint density at radius 2 is 2.10 bits per heavy atom. The quantitative estimate of drug-likeness (QED) is 0.756. The SMILES string of the molecule is Cc1nn(CCn2c(CO)nc3ccccc32)c(=O)o1. The Hall–Kier alpha value is -2.41. The van der Waals surface area contributed by atoms with Gasteiger partial charge in [-0.2, -0.15) is 4.68 Å². The van der Waals surface area contributed by atoms with Gasteiger partial charge in [0.15, 0.2) is 0 Å². The molecule has 0 atom stereocenters. The van der Waals surface area contributed by atoms with Crippen LogP contribution in [0.3, 0.4) is 0 Å². The minimum atomic E-state index is -0.475. The van der Waals surface area contributed by atoms with Crippen LogP contribution < -0.4 is 5.76 Å². The Kier molecular flexibility index (Phi) is 3.11. The van der Waals surface area contributed by atoms with Gasteiger partial charge in [0.2, 0.25) is 5.89 Å². The topological polar surface area (TPSA) is 86.1 Å². The van der Waals surface area contributed by atoms with Gasteiger partial charge in [0.1, 0.15) is 12.4 Å². The van der Waals surface area contributed by atoms with Crippen LogP contribution in [0.25, 0.3) is 11.0 Å². The standard InChI is InChI=1S/C13H14N4O3/c1-9-15-17(13(19)20-9)7-6-16-11-5-3-2-4-10(11)14-12(16)8-18/h2-5,18H,6-8H2,1H3. The van der Waals surface area contributed by atoms with Gasteiger partial charge >= 0.3 is 5.76 Å². The van der Waals surface area contributed by atoms with Gasteiger partial charge in [0.25, 0.3) is 0 Å². The highest BCUT2D eigenvalue weighted by Crippen LogP contribution is 2.16. The zero-order valence-corrected chi connectivity index (χ0v) is 11.0. The monoisotopic (exact) mass is 274 g/mol. The summed E-state index contributed by atoms with van der Waals surface area (Å²) in [6.45, 7) is 2.33. The lowest BCUT2D eigenvalue weighted by molar-refractivity contribution is 0.264. The smallest absolute Gasteiger partial charge is 0.393 e. The molecule has 1 N–H and O–H groups in total. The Labute approximate surface area is 114 Å². The lowest BCUT2D eigenvalue weighted by Gasteiger charge is -2.06. The molecule has 7 heteroatoms. The van der Waals surface area contributed by atoms with Gasteiger partial charge in [-0.05, 0) is 12.1 Å². The third-order valence-electron chi connectivity index (χ3n) is 3.12. The summed E-state index contributed by atoms with van der Waals surface area (Å²) in [5.74, 6) is 0.435. The van der Waals surface area contributed by atoms with Crippen molar-refractivity contribution in [2.24, 2.45) is 0 Å².